The third-order valence-electron chi connectivity index (χ3n) is 4.62. The zero-order chi connectivity index (χ0) is 22.9. The second-order valence-corrected chi connectivity index (χ2v) is 8.67. The Labute approximate surface area is 175 Å². The number of rotatable bonds is 3. The molecule has 8 nitrogen and oxygen atoms in total. The van der Waals surface area contributed by atoms with Gasteiger partial charge in [-0.25, -0.2) is 13.6 Å². The van der Waals surface area contributed by atoms with Crippen LogP contribution in [0, 0.1) is 11.6 Å². The van der Waals surface area contributed by atoms with Gasteiger partial charge in [0.2, 0.25) is 0 Å². The Hall–Kier alpha value is -2.77. The van der Waals surface area contributed by atoms with Crippen molar-refractivity contribution < 1.29 is 41.1 Å². The molecule has 2 aliphatic rings. The number of ether oxygens (including phenoxy) is 1. The zero-order valence-electron chi connectivity index (χ0n) is 15.8. The van der Waals surface area contributed by atoms with E-state index in [0.29, 0.717) is 0 Å². The number of hydrogen-bond acceptors (Lipinski definition) is 5. The fourth-order valence-corrected chi connectivity index (χ4v) is 4.79. The van der Waals surface area contributed by atoms with Gasteiger partial charge >= 0.3 is 18.2 Å². The van der Waals surface area contributed by atoms with Crippen molar-refractivity contribution in [2.24, 2.45) is 10.1 Å². The van der Waals surface area contributed by atoms with Gasteiger partial charge in [0, 0.05) is 36.7 Å². The van der Waals surface area contributed by atoms with Gasteiger partial charge in [0.1, 0.15) is 5.69 Å². The highest BCUT2D eigenvalue weighted by molar-refractivity contribution is 7.87. The van der Waals surface area contributed by atoms with Gasteiger partial charge in [-0.1, -0.05) is 10.7 Å². The Morgan fingerprint density at radius 2 is 1.81 bits per heavy atom. The summed E-state index contributed by atoms with van der Waals surface area (Å²) in [5, 5.41) is 0. The first-order valence-corrected chi connectivity index (χ1v) is 10.5. The number of nitrogens with zero attached hydrogens (tertiary/aromatic N) is 3. The minimum atomic E-state index is -5.06. The number of amides is 3. The lowest BCUT2D eigenvalue weighted by atomic mass is 10.2. The average molecular weight is 468 g/mol. The first-order chi connectivity index (χ1) is 14.5. The summed E-state index contributed by atoms with van der Waals surface area (Å²) in [4.78, 5) is 36.3. The first-order valence-electron chi connectivity index (χ1n) is 8.99. The summed E-state index contributed by atoms with van der Waals surface area (Å²) >= 11 is 0. The minimum Gasteiger partial charge on any atom is -0.434 e. The van der Waals surface area contributed by atoms with Gasteiger partial charge in [-0.3, -0.25) is 14.5 Å². The highest BCUT2D eigenvalue weighted by atomic mass is 32.2. The van der Waals surface area contributed by atoms with Crippen molar-refractivity contribution in [1.29, 1.82) is 0 Å². The number of carbonyl (C=O) groups excluding carboxylic acids is 3. The highest BCUT2D eigenvalue weighted by Gasteiger charge is 2.39. The average Bonchev–Trinajstić information content (AvgIpc) is 2.91. The molecule has 0 saturated carbocycles. The summed E-state index contributed by atoms with van der Waals surface area (Å²) < 4.78 is 74.6. The molecule has 170 valence electrons. The Morgan fingerprint density at radius 3 is 2.35 bits per heavy atom. The second-order valence-electron chi connectivity index (χ2n) is 6.75. The predicted octanol–water partition coefficient (Wildman–Crippen LogP) is 1.88. The maximum Gasteiger partial charge on any atom is 0.474 e. The topological polar surface area (TPSA) is 105 Å². The molecule has 1 aromatic rings. The summed E-state index contributed by atoms with van der Waals surface area (Å²) in [6.07, 6.45) is -7.01. The molecule has 3 amide bonds. The number of alkyl halides is 3. The van der Waals surface area contributed by atoms with E-state index in [4.69, 9.17) is 10.5 Å². The van der Waals surface area contributed by atoms with Crippen LogP contribution in [0.15, 0.2) is 16.5 Å². The highest BCUT2D eigenvalue weighted by Crippen LogP contribution is 2.31. The molecule has 1 aromatic carbocycles. The van der Waals surface area contributed by atoms with E-state index < -0.39 is 58.2 Å². The molecule has 2 aliphatic heterocycles. The minimum absolute atomic E-state index is 0.0135. The molecule has 3 rings (SSSR count). The summed E-state index contributed by atoms with van der Waals surface area (Å²) in [5.74, 6) is -4.86. The molecular weight excluding hydrogens is 451 g/mol. The van der Waals surface area contributed by atoms with Crippen molar-refractivity contribution >= 4 is 40.0 Å². The molecule has 0 aliphatic carbocycles. The van der Waals surface area contributed by atoms with Crippen molar-refractivity contribution in [2.75, 3.05) is 40.9 Å². The van der Waals surface area contributed by atoms with Crippen LogP contribution in [0.25, 0.3) is 0 Å². The molecule has 2 fully saturated rings. The van der Waals surface area contributed by atoms with Crippen molar-refractivity contribution in [2.45, 2.75) is 18.7 Å². The number of nitrogens with two attached hydrogens (primary N) is 1. The van der Waals surface area contributed by atoms with E-state index in [0.717, 1.165) is 17.0 Å². The van der Waals surface area contributed by atoms with Crippen LogP contribution in [0.5, 0.6) is 0 Å². The van der Waals surface area contributed by atoms with Crippen LogP contribution >= 0.6 is 0 Å². The maximum atomic E-state index is 14.8. The maximum absolute atomic E-state index is 14.8. The smallest absolute Gasteiger partial charge is 0.434 e. The lowest BCUT2D eigenvalue weighted by Crippen LogP contribution is -2.33. The molecular formula is C17H17F5N4O4S. The number of primary amides is 1. The quantitative estimate of drug-likeness (QED) is 0.682. The lowest BCUT2D eigenvalue weighted by molar-refractivity contribution is -0.169. The molecule has 2 heterocycles. The van der Waals surface area contributed by atoms with Crippen LogP contribution in [-0.4, -0.2) is 61.3 Å². The molecule has 2 N–H and O–H groups in total. The van der Waals surface area contributed by atoms with Crippen molar-refractivity contribution in [3.05, 3.63) is 23.8 Å². The number of carbonyl (C=O) groups is 3. The third-order valence-corrected chi connectivity index (χ3v) is 6.46. The number of benzene rings is 1. The fourth-order valence-electron chi connectivity index (χ4n) is 3.17. The van der Waals surface area contributed by atoms with Crippen molar-refractivity contribution in [3.63, 3.8) is 0 Å². The largest absolute Gasteiger partial charge is 0.474 e. The van der Waals surface area contributed by atoms with Gasteiger partial charge < -0.3 is 15.4 Å². The number of hydrogen-bond donors (Lipinski definition) is 1. The van der Waals surface area contributed by atoms with E-state index in [1.54, 1.807) is 0 Å². The first kappa shape index (κ1) is 22.9. The molecule has 14 heteroatoms. The van der Waals surface area contributed by atoms with Gasteiger partial charge in [0.15, 0.2) is 17.7 Å². The zero-order valence-corrected chi connectivity index (χ0v) is 16.6. The summed E-state index contributed by atoms with van der Waals surface area (Å²) in [5.41, 5.74) is 4.49. The molecule has 0 spiro atoms. The monoisotopic (exact) mass is 468 g/mol. The van der Waals surface area contributed by atoms with Gasteiger partial charge in [-0.15, -0.1) is 0 Å². The number of cyclic esters (lactones) is 1. The lowest BCUT2D eigenvalue weighted by Gasteiger charge is -2.24. The second kappa shape index (κ2) is 8.77. The SMILES string of the molecule is NC(=O)[C@H]1CN(c2cc(F)c(N3CCCS(=NC(=O)C(F)(F)F)CC3)c(F)c2)C(=O)O1. The van der Waals surface area contributed by atoms with E-state index >= 15 is 0 Å². The van der Waals surface area contributed by atoms with Crippen LogP contribution in [0.2, 0.25) is 0 Å². The van der Waals surface area contributed by atoms with Gasteiger partial charge in [-0.05, 0) is 6.42 Å². The fraction of sp³-hybridized carbons (Fsp3) is 0.471. The Morgan fingerprint density at radius 1 is 1.16 bits per heavy atom. The van der Waals surface area contributed by atoms with Crippen molar-refractivity contribution in [3.8, 4) is 0 Å². The Balaban J connectivity index is 1.78. The van der Waals surface area contributed by atoms with E-state index in [-0.39, 0.29) is 43.2 Å². The van der Waals surface area contributed by atoms with Crippen LogP contribution in [0.3, 0.4) is 0 Å². The Kier molecular flexibility index (Phi) is 6.48. The molecule has 1 unspecified atom stereocenters. The van der Waals surface area contributed by atoms with Crippen molar-refractivity contribution in [1.82, 2.24) is 0 Å². The third kappa shape index (κ3) is 5.11. The van der Waals surface area contributed by atoms with Crippen LogP contribution < -0.4 is 15.5 Å². The van der Waals surface area contributed by atoms with Crippen LogP contribution in [-0.2, 0) is 25.0 Å². The molecule has 0 aromatic heterocycles. The molecule has 0 bridgehead atoms. The van der Waals surface area contributed by atoms with Crippen LogP contribution in [0.4, 0.5) is 38.1 Å². The van der Waals surface area contributed by atoms with Gasteiger partial charge in [0.25, 0.3) is 5.91 Å². The molecule has 0 radical (unpaired) electrons. The molecule has 31 heavy (non-hydrogen) atoms. The summed E-state index contributed by atoms with van der Waals surface area (Å²) in [7, 11) is -1.21. The standard InChI is InChI=1S/C17H17F5N4O4S/c18-10-6-9(26-8-12(14(23)27)30-16(26)29)7-11(19)13(10)25-2-1-4-31(5-3-25)24-15(28)17(20,21)22/h6-7,12H,1-5,8H2,(H2,23,27)/t12-,31?/m1/s1. The molecule has 2 atom stereocenters. The number of halogens is 5. The summed E-state index contributed by atoms with van der Waals surface area (Å²) in [6.45, 7) is -0.171. The Bertz CT molecular complexity index is 932. The predicted molar refractivity (Wildman–Crippen MR) is 101 cm³/mol. The summed E-state index contributed by atoms with van der Waals surface area (Å²) in [6, 6.07) is 1.79. The van der Waals surface area contributed by atoms with E-state index in [9.17, 15) is 36.3 Å². The van der Waals surface area contributed by atoms with E-state index in [1.807, 2.05) is 0 Å². The van der Waals surface area contributed by atoms with Crippen LogP contribution in [0.1, 0.15) is 6.42 Å². The van der Waals surface area contributed by atoms with E-state index in [1.165, 1.54) is 4.90 Å². The van der Waals surface area contributed by atoms with Gasteiger partial charge in [-0.2, -0.15) is 17.5 Å². The van der Waals surface area contributed by atoms with Gasteiger partial charge in [0.05, 0.1) is 12.2 Å². The molecule has 2 saturated heterocycles. The number of anilines is 2. The van der Waals surface area contributed by atoms with E-state index in [2.05, 4.69) is 4.36 Å². The normalized spacial score (nSPS) is 22.4.